The zero-order valence-corrected chi connectivity index (χ0v) is 30.2. The van der Waals surface area contributed by atoms with Gasteiger partial charge < -0.3 is 14.2 Å². The minimum Gasteiger partial charge on any atom is -0.465 e. The van der Waals surface area contributed by atoms with Crippen LogP contribution in [0.25, 0.3) is 0 Å². The Labute approximate surface area is 296 Å². The molecule has 2 unspecified atom stereocenters. The molecule has 13 aliphatic rings. The number of hydrogen-bond acceptors (Lipinski definition) is 6. The smallest absolute Gasteiger partial charge is 0.377 e. The maximum Gasteiger partial charge on any atom is 0.377 e. The first-order valence-corrected chi connectivity index (χ1v) is 20.7. The van der Waals surface area contributed by atoms with E-state index in [0.717, 1.165) is 77.0 Å². The second-order valence-corrected chi connectivity index (χ2v) is 21.1. The van der Waals surface area contributed by atoms with Crippen LogP contribution < -0.4 is 0 Å². The average molecular weight is 697 g/mol. The van der Waals surface area contributed by atoms with Gasteiger partial charge in [0.1, 0.15) is 18.8 Å². The number of alkyl halides is 2. The molecular formula is C42H58F2O6. The first-order valence-electron chi connectivity index (χ1n) is 20.7. The Balaban J connectivity index is 0.868. The van der Waals surface area contributed by atoms with Crippen LogP contribution in [0, 0.1) is 74.9 Å². The highest BCUT2D eigenvalue weighted by molar-refractivity contribution is 5.78. The van der Waals surface area contributed by atoms with Crippen LogP contribution in [0.3, 0.4) is 0 Å². The molecule has 0 amide bonds. The molecular weight excluding hydrogens is 638 g/mol. The van der Waals surface area contributed by atoms with Crippen molar-refractivity contribution in [3.63, 3.8) is 0 Å². The van der Waals surface area contributed by atoms with Crippen molar-refractivity contribution in [3.8, 4) is 0 Å². The van der Waals surface area contributed by atoms with Crippen molar-refractivity contribution in [1.82, 2.24) is 0 Å². The molecule has 276 valence electrons. The number of hydrogen-bond donors (Lipinski definition) is 0. The Morgan fingerprint density at radius 3 is 1.32 bits per heavy atom. The van der Waals surface area contributed by atoms with Gasteiger partial charge in [-0.2, -0.15) is 8.78 Å². The molecule has 2 atom stereocenters. The SMILES string of the molecule is CC(F)(F)C(=O)OC12CC3CC(C1)C1(CCC(COC(=O)C45CC6CC(CC(C6)C4)C5)(COC(=O)C45CC6CC(CC(C6)C4)C5)CC1)C(C3)C2. The minimum absolute atomic E-state index is 0.00906. The normalized spacial score (nSPS) is 52.0. The summed E-state index contributed by atoms with van der Waals surface area (Å²) in [6, 6.07) is 0. The predicted molar refractivity (Wildman–Crippen MR) is 179 cm³/mol. The Morgan fingerprint density at radius 2 is 0.940 bits per heavy atom. The lowest BCUT2D eigenvalue weighted by molar-refractivity contribution is -0.239. The van der Waals surface area contributed by atoms with E-state index in [2.05, 4.69) is 0 Å². The summed E-state index contributed by atoms with van der Waals surface area (Å²) in [5.74, 6) is 0.276. The third-order valence-electron chi connectivity index (χ3n) is 17.6. The molecule has 0 aromatic rings. The summed E-state index contributed by atoms with van der Waals surface area (Å²) in [6.07, 6.45) is 21.4. The quantitative estimate of drug-likeness (QED) is 0.187. The molecule has 6 nitrogen and oxygen atoms in total. The van der Waals surface area contributed by atoms with Gasteiger partial charge in [0, 0.05) is 12.3 Å². The third-order valence-corrected chi connectivity index (χ3v) is 17.6. The van der Waals surface area contributed by atoms with E-state index < -0.39 is 22.9 Å². The van der Waals surface area contributed by atoms with E-state index in [9.17, 15) is 23.2 Å². The van der Waals surface area contributed by atoms with Crippen molar-refractivity contribution in [2.24, 2.45) is 74.9 Å². The van der Waals surface area contributed by atoms with Gasteiger partial charge in [0.05, 0.1) is 10.8 Å². The Kier molecular flexibility index (Phi) is 7.18. The van der Waals surface area contributed by atoms with Crippen LogP contribution in [0.2, 0.25) is 0 Å². The van der Waals surface area contributed by atoms with Crippen LogP contribution >= 0.6 is 0 Å². The van der Waals surface area contributed by atoms with Crippen LogP contribution in [0.4, 0.5) is 8.78 Å². The highest BCUT2D eigenvalue weighted by Gasteiger charge is 2.66. The highest BCUT2D eigenvalue weighted by atomic mass is 19.3. The lowest BCUT2D eigenvalue weighted by Gasteiger charge is -2.67. The second kappa shape index (κ2) is 10.9. The van der Waals surface area contributed by atoms with Gasteiger partial charge in [-0.25, -0.2) is 4.79 Å². The molecule has 0 radical (unpaired) electrons. The molecule has 0 aliphatic heterocycles. The lowest BCUT2D eigenvalue weighted by Crippen LogP contribution is -2.63. The molecule has 0 aromatic heterocycles. The molecule has 1 spiro atoms. The fourth-order valence-corrected chi connectivity index (χ4v) is 16.4. The van der Waals surface area contributed by atoms with Gasteiger partial charge in [-0.05, 0) is 194 Å². The molecule has 0 heterocycles. The van der Waals surface area contributed by atoms with E-state index in [0.29, 0.717) is 92.7 Å². The third kappa shape index (κ3) is 5.11. The second-order valence-electron chi connectivity index (χ2n) is 21.1. The predicted octanol–water partition coefficient (Wildman–Crippen LogP) is 8.83. The first-order chi connectivity index (χ1) is 23.8. The summed E-state index contributed by atoms with van der Waals surface area (Å²) in [5.41, 5.74) is -1.70. The summed E-state index contributed by atoms with van der Waals surface area (Å²) < 4.78 is 46.6. The van der Waals surface area contributed by atoms with Crippen LogP contribution in [-0.4, -0.2) is 42.6 Å². The summed E-state index contributed by atoms with van der Waals surface area (Å²) in [7, 11) is 0. The van der Waals surface area contributed by atoms with Gasteiger partial charge in [-0.3, -0.25) is 9.59 Å². The minimum atomic E-state index is -3.48. The standard InChI is InChI=1S/C42H58F2O6/c1-37(43,44)34(45)50-41-20-31-12-32(21-41)42(33(13-31)22-41)4-2-38(3-5-42,23-48-35(46)39-14-25-6-26(15-39)8-27(7-25)16-39)24-49-36(47)40-17-28-9-29(18-40)11-30(10-28)19-40/h25-33H,2-24H2,1H3. The van der Waals surface area contributed by atoms with Crippen LogP contribution in [0.5, 0.6) is 0 Å². The van der Waals surface area contributed by atoms with E-state index >= 15 is 0 Å². The van der Waals surface area contributed by atoms with E-state index in [-0.39, 0.29) is 28.2 Å². The van der Waals surface area contributed by atoms with Crippen molar-refractivity contribution < 1.29 is 37.4 Å². The molecule has 50 heavy (non-hydrogen) atoms. The molecule has 8 heteroatoms. The fourth-order valence-electron chi connectivity index (χ4n) is 16.4. The van der Waals surface area contributed by atoms with Crippen molar-refractivity contribution in [1.29, 1.82) is 0 Å². The topological polar surface area (TPSA) is 78.9 Å². The molecule has 13 rings (SSSR count). The number of esters is 3. The lowest BCUT2D eigenvalue weighted by atomic mass is 9.40. The number of carbonyl (C=O) groups is 3. The highest BCUT2D eigenvalue weighted by Crippen LogP contribution is 2.70. The van der Waals surface area contributed by atoms with Gasteiger partial charge in [0.25, 0.3) is 0 Å². The molecule has 0 saturated heterocycles. The van der Waals surface area contributed by atoms with E-state index in [4.69, 9.17) is 14.2 Å². The summed E-state index contributed by atoms with van der Waals surface area (Å²) >= 11 is 0. The van der Waals surface area contributed by atoms with E-state index in [1.807, 2.05) is 0 Å². The molecule has 0 aromatic carbocycles. The van der Waals surface area contributed by atoms with Crippen LogP contribution in [0.15, 0.2) is 0 Å². The molecule has 13 fully saturated rings. The van der Waals surface area contributed by atoms with Crippen LogP contribution in [-0.2, 0) is 28.6 Å². The summed E-state index contributed by atoms with van der Waals surface area (Å²) in [4.78, 5) is 40.6. The largest absolute Gasteiger partial charge is 0.465 e. The Bertz CT molecular complexity index is 1290. The number of ether oxygens (including phenoxy) is 3. The maximum absolute atomic E-state index is 14.1. The van der Waals surface area contributed by atoms with Crippen LogP contribution in [0.1, 0.15) is 142 Å². The van der Waals surface area contributed by atoms with Crippen molar-refractivity contribution in [2.75, 3.05) is 13.2 Å². The van der Waals surface area contributed by atoms with Crippen molar-refractivity contribution in [3.05, 3.63) is 0 Å². The monoisotopic (exact) mass is 696 g/mol. The maximum atomic E-state index is 14.1. The van der Waals surface area contributed by atoms with E-state index in [1.165, 1.54) is 38.5 Å². The van der Waals surface area contributed by atoms with Crippen molar-refractivity contribution >= 4 is 17.9 Å². The molecule has 0 N–H and O–H groups in total. The van der Waals surface area contributed by atoms with Gasteiger partial charge in [-0.1, -0.05) is 0 Å². The molecule has 12 bridgehead atoms. The zero-order valence-electron chi connectivity index (χ0n) is 30.2. The van der Waals surface area contributed by atoms with Crippen molar-refractivity contribution in [2.45, 2.75) is 153 Å². The van der Waals surface area contributed by atoms with E-state index in [1.54, 1.807) is 0 Å². The summed E-state index contributed by atoms with van der Waals surface area (Å²) in [5, 5.41) is 0. The summed E-state index contributed by atoms with van der Waals surface area (Å²) in [6.45, 7) is 1.29. The average Bonchev–Trinajstić information content (AvgIpc) is 3.04. The number of rotatable bonds is 8. The first kappa shape index (κ1) is 32.9. The number of carbonyl (C=O) groups excluding carboxylic acids is 3. The van der Waals surface area contributed by atoms with Gasteiger partial charge >= 0.3 is 23.8 Å². The Hall–Kier alpha value is -1.73. The van der Waals surface area contributed by atoms with Gasteiger partial charge in [0.2, 0.25) is 0 Å². The fraction of sp³-hybridized carbons (Fsp3) is 0.929. The number of halogens is 2. The van der Waals surface area contributed by atoms with Gasteiger partial charge in [0.15, 0.2) is 0 Å². The Morgan fingerprint density at radius 1 is 0.560 bits per heavy atom. The molecule has 13 saturated carbocycles. The molecule has 13 aliphatic carbocycles. The van der Waals surface area contributed by atoms with Gasteiger partial charge in [-0.15, -0.1) is 0 Å². The zero-order chi connectivity index (χ0) is 34.3.